The second kappa shape index (κ2) is 9.60. The monoisotopic (exact) mass is 427 g/mol. The molecule has 1 aromatic rings. The molecule has 0 radical (unpaired) electrons. The van der Waals surface area contributed by atoms with Gasteiger partial charge < -0.3 is 15.4 Å². The summed E-state index contributed by atoms with van der Waals surface area (Å²) in [5.41, 5.74) is 0.776. The largest absolute Gasteiger partial charge is 0.376 e. The van der Waals surface area contributed by atoms with E-state index >= 15 is 0 Å². The third kappa shape index (κ3) is 4.79. The summed E-state index contributed by atoms with van der Waals surface area (Å²) in [7, 11) is 0. The van der Waals surface area contributed by atoms with Crippen LogP contribution in [0.1, 0.15) is 55.3 Å². The molecule has 1 saturated carbocycles. The highest BCUT2D eigenvalue weighted by Crippen LogP contribution is 2.38. The minimum Gasteiger partial charge on any atom is -0.376 e. The van der Waals surface area contributed by atoms with Crippen molar-refractivity contribution in [3.63, 3.8) is 0 Å². The molecule has 2 saturated heterocycles. The molecule has 0 aromatic heterocycles. The Balaban J connectivity index is 1.32. The summed E-state index contributed by atoms with van der Waals surface area (Å²) in [5, 5.41) is 5.61. The number of imide groups is 1. The topological polar surface area (TPSA) is 105 Å². The van der Waals surface area contributed by atoms with Crippen LogP contribution in [0.25, 0.3) is 0 Å². The van der Waals surface area contributed by atoms with Crippen molar-refractivity contribution in [1.29, 1.82) is 0 Å². The average molecular weight is 428 g/mol. The molecule has 31 heavy (non-hydrogen) atoms. The summed E-state index contributed by atoms with van der Waals surface area (Å²) in [4.78, 5) is 51.5. The van der Waals surface area contributed by atoms with Gasteiger partial charge in [0, 0.05) is 26.1 Å². The Morgan fingerprint density at radius 1 is 1.00 bits per heavy atom. The van der Waals surface area contributed by atoms with E-state index in [2.05, 4.69) is 10.6 Å². The molecular formula is C23H29N3O5. The van der Waals surface area contributed by atoms with Gasteiger partial charge >= 0.3 is 0 Å². The Kier molecular flexibility index (Phi) is 6.65. The maximum absolute atomic E-state index is 12.6. The summed E-state index contributed by atoms with van der Waals surface area (Å²) in [5.74, 6) is -1.32. The number of nitrogens with one attached hydrogen (secondary N) is 2. The number of ether oxygens (including phenoxy) is 1. The fourth-order valence-corrected chi connectivity index (χ4v) is 4.77. The SMILES string of the molecule is O=C(CCN1C(=O)[C@H]2CCCC[C@H]2C1=O)Nc1ccccc1C(=O)NC[C@@H]1CCCO1. The van der Waals surface area contributed by atoms with E-state index in [9.17, 15) is 19.2 Å². The van der Waals surface area contributed by atoms with Gasteiger partial charge in [-0.15, -0.1) is 0 Å². The Morgan fingerprint density at radius 3 is 2.39 bits per heavy atom. The zero-order chi connectivity index (χ0) is 21.8. The van der Waals surface area contributed by atoms with Crippen LogP contribution in [0.3, 0.4) is 0 Å². The molecule has 8 heteroatoms. The molecule has 4 amide bonds. The lowest BCUT2D eigenvalue weighted by atomic mass is 9.81. The van der Waals surface area contributed by atoms with Gasteiger partial charge in [0.15, 0.2) is 0 Å². The van der Waals surface area contributed by atoms with Crippen molar-refractivity contribution in [1.82, 2.24) is 10.2 Å². The Labute approximate surface area is 181 Å². The van der Waals surface area contributed by atoms with Crippen LogP contribution in [0.5, 0.6) is 0 Å². The molecule has 2 aliphatic heterocycles. The third-order valence-corrected chi connectivity index (χ3v) is 6.45. The van der Waals surface area contributed by atoms with E-state index < -0.39 is 0 Å². The lowest BCUT2D eigenvalue weighted by Gasteiger charge is -2.19. The van der Waals surface area contributed by atoms with Gasteiger partial charge in [0.05, 0.1) is 29.2 Å². The summed E-state index contributed by atoms with van der Waals surface area (Å²) in [6.07, 6.45) is 5.41. The molecule has 0 bridgehead atoms. The Morgan fingerprint density at radius 2 is 1.71 bits per heavy atom. The standard InChI is InChI=1S/C23H29N3O5/c27-20(11-12-26-22(29)16-7-1-2-8-17(16)23(26)30)25-19-10-4-3-9-18(19)21(28)24-14-15-6-5-13-31-15/h3-4,9-10,15-17H,1-2,5-8,11-14H2,(H,24,28)(H,25,27)/t15-,16-,17+/m0/s1. The number of hydrogen-bond acceptors (Lipinski definition) is 5. The van der Waals surface area contributed by atoms with E-state index in [0.29, 0.717) is 17.8 Å². The van der Waals surface area contributed by atoms with E-state index in [4.69, 9.17) is 4.74 Å². The summed E-state index contributed by atoms with van der Waals surface area (Å²) >= 11 is 0. The highest BCUT2D eigenvalue weighted by Gasteiger charge is 2.47. The van der Waals surface area contributed by atoms with E-state index in [1.165, 1.54) is 4.90 Å². The van der Waals surface area contributed by atoms with E-state index in [1.807, 2.05) is 0 Å². The number of nitrogens with zero attached hydrogens (tertiary/aromatic N) is 1. The van der Waals surface area contributed by atoms with Gasteiger partial charge in [0.25, 0.3) is 5.91 Å². The van der Waals surface area contributed by atoms with Crippen molar-refractivity contribution in [2.24, 2.45) is 11.8 Å². The first kappa shape index (κ1) is 21.5. The van der Waals surface area contributed by atoms with Crippen molar-refractivity contribution < 1.29 is 23.9 Å². The maximum atomic E-state index is 12.6. The molecule has 1 aliphatic carbocycles. The number of fused-ring (bicyclic) bond motifs is 1. The molecule has 1 aromatic carbocycles. The number of likely N-dealkylation sites (tertiary alicyclic amines) is 1. The van der Waals surface area contributed by atoms with Gasteiger partial charge in [-0.05, 0) is 37.8 Å². The molecule has 2 heterocycles. The molecule has 3 aliphatic rings. The van der Waals surface area contributed by atoms with Crippen molar-refractivity contribution in [2.75, 3.05) is 25.0 Å². The molecule has 0 spiro atoms. The number of amides is 4. The minimum atomic E-state index is -0.338. The van der Waals surface area contributed by atoms with Crippen LogP contribution in [-0.2, 0) is 19.1 Å². The zero-order valence-corrected chi connectivity index (χ0v) is 17.6. The molecular weight excluding hydrogens is 398 g/mol. The molecule has 3 atom stereocenters. The van der Waals surface area contributed by atoms with Crippen LogP contribution in [0.15, 0.2) is 24.3 Å². The van der Waals surface area contributed by atoms with Crippen molar-refractivity contribution >= 4 is 29.3 Å². The predicted molar refractivity (Wildman–Crippen MR) is 113 cm³/mol. The quantitative estimate of drug-likeness (QED) is 0.649. The normalized spacial score (nSPS) is 25.4. The predicted octanol–water partition coefficient (Wildman–Crippen LogP) is 2.10. The van der Waals surface area contributed by atoms with Gasteiger partial charge in [0.1, 0.15) is 0 Å². The highest BCUT2D eigenvalue weighted by atomic mass is 16.5. The second-order valence-corrected chi connectivity index (χ2v) is 8.51. The lowest BCUT2D eigenvalue weighted by Crippen LogP contribution is -2.34. The van der Waals surface area contributed by atoms with E-state index in [1.54, 1.807) is 24.3 Å². The first-order valence-electron chi connectivity index (χ1n) is 11.2. The third-order valence-electron chi connectivity index (χ3n) is 6.45. The van der Waals surface area contributed by atoms with Gasteiger partial charge in [-0.1, -0.05) is 25.0 Å². The molecule has 0 unspecified atom stereocenters. The summed E-state index contributed by atoms with van der Waals surface area (Å²) < 4.78 is 5.52. The minimum absolute atomic E-state index is 0.00277. The molecule has 8 nitrogen and oxygen atoms in total. The van der Waals surface area contributed by atoms with Gasteiger partial charge in [-0.3, -0.25) is 24.1 Å². The number of anilines is 1. The van der Waals surface area contributed by atoms with Gasteiger partial charge in [0.2, 0.25) is 17.7 Å². The average Bonchev–Trinajstić information content (AvgIpc) is 3.39. The first-order valence-corrected chi connectivity index (χ1v) is 11.2. The maximum Gasteiger partial charge on any atom is 0.253 e. The van der Waals surface area contributed by atoms with Crippen LogP contribution < -0.4 is 10.6 Å². The Hall–Kier alpha value is -2.74. The number of carbonyl (C=O) groups excluding carboxylic acids is 4. The number of benzene rings is 1. The lowest BCUT2D eigenvalue weighted by molar-refractivity contribution is -0.140. The molecule has 166 valence electrons. The van der Waals surface area contributed by atoms with E-state index in [0.717, 1.165) is 45.1 Å². The number of rotatable bonds is 7. The first-order chi connectivity index (χ1) is 15.0. The zero-order valence-electron chi connectivity index (χ0n) is 17.6. The number of para-hydroxylation sites is 1. The fourth-order valence-electron chi connectivity index (χ4n) is 4.77. The van der Waals surface area contributed by atoms with Crippen LogP contribution in [0.2, 0.25) is 0 Å². The van der Waals surface area contributed by atoms with Crippen LogP contribution >= 0.6 is 0 Å². The van der Waals surface area contributed by atoms with Crippen molar-refractivity contribution in [3.8, 4) is 0 Å². The summed E-state index contributed by atoms with van der Waals surface area (Å²) in [6.45, 7) is 1.23. The molecule has 2 N–H and O–H groups in total. The van der Waals surface area contributed by atoms with Crippen LogP contribution in [-0.4, -0.2) is 54.3 Å². The van der Waals surface area contributed by atoms with Crippen molar-refractivity contribution in [3.05, 3.63) is 29.8 Å². The number of carbonyl (C=O) groups is 4. The van der Waals surface area contributed by atoms with Gasteiger partial charge in [-0.2, -0.15) is 0 Å². The smallest absolute Gasteiger partial charge is 0.253 e. The van der Waals surface area contributed by atoms with Crippen LogP contribution in [0, 0.1) is 11.8 Å². The summed E-state index contributed by atoms with van der Waals surface area (Å²) in [6, 6.07) is 6.79. The second-order valence-electron chi connectivity index (χ2n) is 8.51. The molecule has 4 rings (SSSR count). The highest BCUT2D eigenvalue weighted by molar-refractivity contribution is 6.06. The Bertz CT molecular complexity index is 841. The fraction of sp³-hybridized carbons (Fsp3) is 0.565. The van der Waals surface area contributed by atoms with E-state index in [-0.39, 0.29) is 54.5 Å². The number of hydrogen-bond donors (Lipinski definition) is 2. The van der Waals surface area contributed by atoms with Crippen molar-refractivity contribution in [2.45, 2.75) is 51.0 Å². The molecule has 3 fully saturated rings. The van der Waals surface area contributed by atoms with Gasteiger partial charge in [-0.25, -0.2) is 0 Å². The van der Waals surface area contributed by atoms with Crippen LogP contribution in [0.4, 0.5) is 5.69 Å².